The van der Waals surface area contributed by atoms with Crippen molar-refractivity contribution in [2.24, 2.45) is 14.1 Å². The lowest BCUT2D eigenvalue weighted by Gasteiger charge is -2.14. The average Bonchev–Trinajstić information content (AvgIpc) is 2.41. The quantitative estimate of drug-likeness (QED) is 0.917. The van der Waals surface area contributed by atoms with E-state index >= 15 is 0 Å². The van der Waals surface area contributed by atoms with Gasteiger partial charge in [0.25, 0.3) is 5.56 Å². The number of rotatable bonds is 3. The Bertz CT molecular complexity index is 736. The van der Waals surface area contributed by atoms with Crippen molar-refractivity contribution in [3.8, 4) is 0 Å². The molecule has 0 aliphatic rings. The molecule has 1 N–H and O–H groups in total. The van der Waals surface area contributed by atoms with Crippen molar-refractivity contribution in [2.75, 3.05) is 5.32 Å². The first-order valence-corrected chi connectivity index (χ1v) is 6.48. The number of aryl methyl sites for hydroxylation is 2. The fraction of sp³-hybridized carbons (Fsp3) is 0.333. The maximum absolute atomic E-state index is 11.9. The maximum atomic E-state index is 11.9. The summed E-state index contributed by atoms with van der Waals surface area (Å²) in [4.78, 5) is 23.5. The summed E-state index contributed by atoms with van der Waals surface area (Å²) in [6, 6.07) is 7.54. The highest BCUT2D eigenvalue weighted by Crippen LogP contribution is 2.19. The van der Waals surface area contributed by atoms with E-state index in [0.29, 0.717) is 12.2 Å². The standard InChI is InChI=1S/C15H19N3O2/c1-10-6-5-7-11(2)14(10)16-9-12-8-13(19)18(4)15(20)17(12)3/h5-8,16H,9H2,1-4H3. The number of nitrogens with one attached hydrogen (secondary N) is 1. The van der Waals surface area contributed by atoms with Crippen LogP contribution in [-0.2, 0) is 20.6 Å². The van der Waals surface area contributed by atoms with E-state index < -0.39 is 0 Å². The van der Waals surface area contributed by atoms with E-state index in [2.05, 4.69) is 5.32 Å². The Morgan fingerprint density at radius 3 is 2.25 bits per heavy atom. The van der Waals surface area contributed by atoms with Gasteiger partial charge in [0.05, 0.1) is 6.54 Å². The van der Waals surface area contributed by atoms with E-state index in [9.17, 15) is 9.59 Å². The minimum absolute atomic E-state index is 0.286. The van der Waals surface area contributed by atoms with Gasteiger partial charge in [-0.15, -0.1) is 0 Å². The van der Waals surface area contributed by atoms with Crippen LogP contribution in [0.1, 0.15) is 16.8 Å². The second-order valence-electron chi connectivity index (χ2n) is 4.99. The molecule has 20 heavy (non-hydrogen) atoms. The summed E-state index contributed by atoms with van der Waals surface area (Å²) in [6.07, 6.45) is 0. The average molecular weight is 273 g/mol. The highest BCUT2D eigenvalue weighted by atomic mass is 16.2. The zero-order chi connectivity index (χ0) is 14.9. The van der Waals surface area contributed by atoms with Crippen molar-refractivity contribution in [1.82, 2.24) is 9.13 Å². The molecule has 1 heterocycles. The molecule has 1 aromatic heterocycles. The van der Waals surface area contributed by atoms with Gasteiger partial charge in [-0.3, -0.25) is 13.9 Å². The van der Waals surface area contributed by atoms with Gasteiger partial charge in [-0.05, 0) is 25.0 Å². The molecule has 0 radical (unpaired) electrons. The Balaban J connectivity index is 2.33. The number of aromatic nitrogens is 2. The third-order valence-electron chi connectivity index (χ3n) is 3.55. The van der Waals surface area contributed by atoms with E-state index in [1.807, 2.05) is 32.0 Å². The lowest BCUT2D eigenvalue weighted by atomic mass is 10.1. The van der Waals surface area contributed by atoms with Crippen LogP contribution in [0, 0.1) is 13.8 Å². The van der Waals surface area contributed by atoms with Gasteiger partial charge in [0, 0.05) is 31.5 Å². The zero-order valence-electron chi connectivity index (χ0n) is 12.2. The van der Waals surface area contributed by atoms with Crippen molar-refractivity contribution in [3.63, 3.8) is 0 Å². The molecule has 0 bridgehead atoms. The zero-order valence-corrected chi connectivity index (χ0v) is 12.2. The molecule has 0 aliphatic heterocycles. The molecule has 0 amide bonds. The first-order valence-electron chi connectivity index (χ1n) is 6.48. The molecule has 1 aromatic carbocycles. The smallest absolute Gasteiger partial charge is 0.330 e. The van der Waals surface area contributed by atoms with Gasteiger partial charge in [-0.1, -0.05) is 18.2 Å². The van der Waals surface area contributed by atoms with Crippen molar-refractivity contribution in [3.05, 3.63) is 61.9 Å². The molecular formula is C15H19N3O2. The maximum Gasteiger partial charge on any atom is 0.330 e. The molecule has 106 valence electrons. The van der Waals surface area contributed by atoms with E-state index in [4.69, 9.17) is 0 Å². The van der Waals surface area contributed by atoms with Crippen LogP contribution in [0.5, 0.6) is 0 Å². The lowest BCUT2D eigenvalue weighted by molar-refractivity contribution is 0.655. The van der Waals surface area contributed by atoms with Crippen molar-refractivity contribution in [2.45, 2.75) is 20.4 Å². The molecule has 0 aliphatic carbocycles. The van der Waals surface area contributed by atoms with E-state index in [1.54, 1.807) is 7.05 Å². The van der Waals surface area contributed by atoms with Crippen LogP contribution < -0.4 is 16.6 Å². The molecule has 0 fully saturated rings. The Morgan fingerprint density at radius 1 is 1.05 bits per heavy atom. The molecule has 0 unspecified atom stereocenters. The first-order chi connectivity index (χ1) is 9.41. The molecule has 2 rings (SSSR count). The summed E-state index contributed by atoms with van der Waals surface area (Å²) in [5.41, 5.74) is 3.39. The predicted molar refractivity (Wildman–Crippen MR) is 80.2 cm³/mol. The van der Waals surface area contributed by atoms with Crippen molar-refractivity contribution < 1.29 is 0 Å². The van der Waals surface area contributed by atoms with E-state index in [-0.39, 0.29) is 11.2 Å². The van der Waals surface area contributed by atoms with Gasteiger partial charge in [0.1, 0.15) is 0 Å². The molecule has 0 atom stereocenters. The Hall–Kier alpha value is -2.30. The van der Waals surface area contributed by atoms with Crippen molar-refractivity contribution in [1.29, 1.82) is 0 Å². The SMILES string of the molecule is Cc1cccc(C)c1NCc1cc(=O)n(C)c(=O)n1C. The minimum atomic E-state index is -0.309. The van der Waals surface area contributed by atoms with Crippen LogP contribution in [0.25, 0.3) is 0 Å². The predicted octanol–water partition coefficient (Wildman–Crippen LogP) is 1.31. The summed E-state index contributed by atoms with van der Waals surface area (Å²) in [6.45, 7) is 4.49. The second-order valence-corrected chi connectivity index (χ2v) is 4.99. The van der Waals surface area contributed by atoms with Crippen LogP contribution in [0.4, 0.5) is 5.69 Å². The Kier molecular flexibility index (Phi) is 3.79. The molecule has 5 heteroatoms. The molecule has 2 aromatic rings. The highest BCUT2D eigenvalue weighted by molar-refractivity contribution is 5.56. The number of para-hydroxylation sites is 1. The van der Waals surface area contributed by atoms with Gasteiger partial charge in [-0.25, -0.2) is 4.79 Å². The normalized spacial score (nSPS) is 10.6. The van der Waals surface area contributed by atoms with Crippen LogP contribution in [0.15, 0.2) is 33.9 Å². The number of benzene rings is 1. The third kappa shape index (κ3) is 2.52. The summed E-state index contributed by atoms with van der Waals surface area (Å²) >= 11 is 0. The summed E-state index contributed by atoms with van der Waals surface area (Å²) < 4.78 is 2.59. The molecule has 0 spiro atoms. The van der Waals surface area contributed by atoms with Crippen LogP contribution >= 0.6 is 0 Å². The first kappa shape index (κ1) is 14.1. The van der Waals surface area contributed by atoms with E-state index in [1.165, 1.54) is 17.7 Å². The van der Waals surface area contributed by atoms with Gasteiger partial charge in [0.15, 0.2) is 0 Å². The van der Waals surface area contributed by atoms with Gasteiger partial charge >= 0.3 is 5.69 Å². The number of hydrogen-bond donors (Lipinski definition) is 1. The minimum Gasteiger partial charge on any atom is -0.379 e. The molecule has 0 saturated heterocycles. The van der Waals surface area contributed by atoms with Crippen molar-refractivity contribution >= 4 is 5.69 Å². The van der Waals surface area contributed by atoms with E-state index in [0.717, 1.165) is 21.4 Å². The van der Waals surface area contributed by atoms with Gasteiger partial charge < -0.3 is 5.32 Å². The third-order valence-corrected chi connectivity index (χ3v) is 3.55. The number of anilines is 1. The van der Waals surface area contributed by atoms with Crippen LogP contribution in [0.2, 0.25) is 0 Å². The lowest BCUT2D eigenvalue weighted by Crippen LogP contribution is -2.38. The fourth-order valence-corrected chi connectivity index (χ4v) is 2.22. The molecule has 5 nitrogen and oxygen atoms in total. The highest BCUT2D eigenvalue weighted by Gasteiger charge is 2.07. The summed E-state index contributed by atoms with van der Waals surface area (Å²) in [7, 11) is 3.15. The Morgan fingerprint density at radius 2 is 1.65 bits per heavy atom. The summed E-state index contributed by atoms with van der Waals surface area (Å²) in [5.74, 6) is 0. The largest absolute Gasteiger partial charge is 0.379 e. The second kappa shape index (κ2) is 5.36. The fourth-order valence-electron chi connectivity index (χ4n) is 2.22. The summed E-state index contributed by atoms with van der Waals surface area (Å²) in [5, 5.41) is 3.30. The monoisotopic (exact) mass is 273 g/mol. The Labute approximate surface area is 117 Å². The topological polar surface area (TPSA) is 56.0 Å². The molecular weight excluding hydrogens is 254 g/mol. The van der Waals surface area contributed by atoms with Crippen LogP contribution in [0.3, 0.4) is 0 Å². The van der Waals surface area contributed by atoms with Gasteiger partial charge in [0.2, 0.25) is 0 Å². The molecule has 0 saturated carbocycles. The number of hydrogen-bond acceptors (Lipinski definition) is 3. The van der Waals surface area contributed by atoms with Crippen LogP contribution in [-0.4, -0.2) is 9.13 Å². The number of nitrogens with zero attached hydrogens (tertiary/aromatic N) is 2. The van der Waals surface area contributed by atoms with Gasteiger partial charge in [-0.2, -0.15) is 0 Å².